The quantitative estimate of drug-likeness (QED) is 0.310. The number of carbonyl (C=O) groups is 1. The summed E-state index contributed by atoms with van der Waals surface area (Å²) in [6.45, 7) is 11.4. The topological polar surface area (TPSA) is 148 Å². The molecule has 4 aromatic rings. The van der Waals surface area contributed by atoms with Gasteiger partial charge in [0.2, 0.25) is 0 Å². The van der Waals surface area contributed by atoms with Gasteiger partial charge in [-0.1, -0.05) is 38.1 Å². The van der Waals surface area contributed by atoms with Crippen molar-refractivity contribution >= 4 is 23.2 Å². The summed E-state index contributed by atoms with van der Waals surface area (Å²) < 4.78 is 4.95. The lowest BCUT2D eigenvalue weighted by atomic mass is 9.93. The molecule has 0 saturated carbocycles. The van der Waals surface area contributed by atoms with Crippen molar-refractivity contribution in [1.82, 2.24) is 30.4 Å². The molecule has 39 heavy (non-hydrogen) atoms. The van der Waals surface area contributed by atoms with Crippen molar-refractivity contribution in [2.45, 2.75) is 39.7 Å². The maximum absolute atomic E-state index is 11.3. The van der Waals surface area contributed by atoms with Gasteiger partial charge in [-0.15, -0.1) is 0 Å². The summed E-state index contributed by atoms with van der Waals surface area (Å²) in [5.41, 5.74) is 10.1. The molecular formula is C28H33N9O2. The lowest BCUT2D eigenvalue weighted by Crippen LogP contribution is -2.53. The van der Waals surface area contributed by atoms with Gasteiger partial charge < -0.3 is 25.8 Å². The van der Waals surface area contributed by atoms with Crippen LogP contribution in [0.4, 0.5) is 17.3 Å². The number of rotatable bonds is 8. The van der Waals surface area contributed by atoms with E-state index < -0.39 is 5.91 Å². The minimum atomic E-state index is -0.744. The van der Waals surface area contributed by atoms with Gasteiger partial charge in [-0.2, -0.15) is 4.98 Å². The summed E-state index contributed by atoms with van der Waals surface area (Å²) in [5, 5.41) is 10.7. The summed E-state index contributed by atoms with van der Waals surface area (Å²) in [4.78, 5) is 31.4. The van der Waals surface area contributed by atoms with Crippen LogP contribution in [0.3, 0.4) is 0 Å². The molecule has 11 heteroatoms. The molecule has 1 aliphatic heterocycles. The Hall–Kier alpha value is -4.38. The van der Waals surface area contributed by atoms with E-state index >= 15 is 0 Å². The SMILES string of the molecule is Cc1cc(-c2cc(Nc3ccc(N4CCNC[C@@H]4C(C)C)cn3)ncn2)ccc1[C@@H](C)c1noc(C(N)=O)n1. The zero-order valence-corrected chi connectivity index (χ0v) is 22.5. The fourth-order valence-corrected chi connectivity index (χ4v) is 4.96. The molecule has 1 aliphatic rings. The number of hydrogen-bond acceptors (Lipinski definition) is 10. The van der Waals surface area contributed by atoms with Crippen LogP contribution >= 0.6 is 0 Å². The molecule has 11 nitrogen and oxygen atoms in total. The van der Waals surface area contributed by atoms with Crippen molar-refractivity contribution in [3.63, 3.8) is 0 Å². The molecule has 4 N–H and O–H groups in total. The Morgan fingerprint density at radius 2 is 1.97 bits per heavy atom. The van der Waals surface area contributed by atoms with Gasteiger partial charge in [-0.05, 0) is 42.2 Å². The average Bonchev–Trinajstić information content (AvgIpc) is 3.44. The van der Waals surface area contributed by atoms with Crippen LogP contribution < -0.4 is 21.3 Å². The summed E-state index contributed by atoms with van der Waals surface area (Å²) in [6, 6.07) is 12.5. The zero-order valence-electron chi connectivity index (χ0n) is 22.5. The maximum Gasteiger partial charge on any atom is 0.315 e. The fourth-order valence-electron chi connectivity index (χ4n) is 4.96. The van der Waals surface area contributed by atoms with Crippen molar-refractivity contribution < 1.29 is 9.32 Å². The normalized spacial score (nSPS) is 16.3. The molecule has 2 atom stereocenters. The van der Waals surface area contributed by atoms with Crippen LogP contribution in [0.1, 0.15) is 54.3 Å². The number of benzene rings is 1. The van der Waals surface area contributed by atoms with Gasteiger partial charge in [0.1, 0.15) is 18.0 Å². The van der Waals surface area contributed by atoms with Crippen LogP contribution in [0.2, 0.25) is 0 Å². The monoisotopic (exact) mass is 527 g/mol. The molecule has 0 bridgehead atoms. The number of piperazine rings is 1. The number of nitrogens with one attached hydrogen (secondary N) is 2. The highest BCUT2D eigenvalue weighted by Crippen LogP contribution is 2.29. The van der Waals surface area contributed by atoms with Crippen LogP contribution in [0, 0.1) is 12.8 Å². The molecule has 1 aromatic carbocycles. The Morgan fingerprint density at radius 1 is 1.13 bits per heavy atom. The first-order chi connectivity index (χ1) is 18.8. The third-order valence-corrected chi connectivity index (χ3v) is 7.13. The van der Waals surface area contributed by atoms with Crippen molar-refractivity contribution in [3.05, 3.63) is 71.8 Å². The van der Waals surface area contributed by atoms with E-state index in [1.807, 2.05) is 44.3 Å². The predicted octanol–water partition coefficient (Wildman–Crippen LogP) is 3.66. The summed E-state index contributed by atoms with van der Waals surface area (Å²) >= 11 is 0. The highest BCUT2D eigenvalue weighted by Gasteiger charge is 2.25. The first kappa shape index (κ1) is 26.2. The third kappa shape index (κ3) is 5.73. The van der Waals surface area contributed by atoms with Crippen LogP contribution in [-0.4, -0.2) is 56.7 Å². The van der Waals surface area contributed by atoms with Gasteiger partial charge >= 0.3 is 11.8 Å². The smallest absolute Gasteiger partial charge is 0.315 e. The van der Waals surface area contributed by atoms with Crippen molar-refractivity contribution in [2.24, 2.45) is 11.7 Å². The lowest BCUT2D eigenvalue weighted by molar-refractivity contribution is 0.0958. The van der Waals surface area contributed by atoms with Gasteiger partial charge in [-0.3, -0.25) is 4.79 Å². The Morgan fingerprint density at radius 3 is 2.67 bits per heavy atom. The molecule has 0 spiro atoms. The van der Waals surface area contributed by atoms with Crippen molar-refractivity contribution in [2.75, 3.05) is 29.9 Å². The number of anilines is 3. The highest BCUT2D eigenvalue weighted by atomic mass is 16.5. The van der Waals surface area contributed by atoms with Gasteiger partial charge in [0.05, 0.1) is 17.6 Å². The van der Waals surface area contributed by atoms with Gasteiger partial charge in [-0.25, -0.2) is 15.0 Å². The minimum absolute atomic E-state index is 0.176. The number of pyridine rings is 1. The average molecular weight is 528 g/mol. The number of nitrogens with two attached hydrogens (primary N) is 1. The lowest BCUT2D eigenvalue weighted by Gasteiger charge is -2.40. The van der Waals surface area contributed by atoms with E-state index in [4.69, 9.17) is 10.3 Å². The van der Waals surface area contributed by atoms with E-state index in [-0.39, 0.29) is 11.8 Å². The molecule has 0 unspecified atom stereocenters. The van der Waals surface area contributed by atoms with E-state index in [0.29, 0.717) is 23.6 Å². The highest BCUT2D eigenvalue weighted by molar-refractivity contribution is 5.87. The van der Waals surface area contributed by atoms with E-state index in [9.17, 15) is 4.79 Å². The number of carbonyl (C=O) groups excluding carboxylic acids is 1. The number of primary amides is 1. The molecule has 1 amide bonds. The fraction of sp³-hybridized carbons (Fsp3) is 0.357. The van der Waals surface area contributed by atoms with Crippen LogP contribution in [-0.2, 0) is 0 Å². The molecule has 4 heterocycles. The Bertz CT molecular complexity index is 1450. The molecule has 202 valence electrons. The second-order valence-corrected chi connectivity index (χ2v) is 10.1. The van der Waals surface area contributed by atoms with E-state index in [2.05, 4.69) is 66.6 Å². The van der Waals surface area contributed by atoms with Crippen molar-refractivity contribution in [3.8, 4) is 11.3 Å². The molecule has 3 aromatic heterocycles. The number of aryl methyl sites for hydroxylation is 1. The second kappa shape index (κ2) is 11.2. The van der Waals surface area contributed by atoms with Crippen molar-refractivity contribution in [1.29, 1.82) is 0 Å². The van der Waals surface area contributed by atoms with Gasteiger partial charge in [0.15, 0.2) is 5.82 Å². The van der Waals surface area contributed by atoms with Crippen LogP contribution in [0.15, 0.2) is 53.4 Å². The zero-order chi connectivity index (χ0) is 27.5. The molecule has 0 aliphatic carbocycles. The molecule has 1 saturated heterocycles. The maximum atomic E-state index is 11.3. The second-order valence-electron chi connectivity index (χ2n) is 10.1. The predicted molar refractivity (Wildman–Crippen MR) is 149 cm³/mol. The Kier molecular flexibility index (Phi) is 7.51. The third-order valence-electron chi connectivity index (χ3n) is 7.13. The standard InChI is InChI=1S/C28H33N9O2/c1-16(2)23-14-30-9-10-37(23)20-6-8-24(31-13-20)34-25-12-22(32-15-33-25)19-5-7-21(17(3)11-19)18(4)27-35-28(26(29)38)39-36-27/h5-8,11-13,15-16,18,23,30H,9-10,14H2,1-4H3,(H2,29,38)(H,31,32,33,34)/t18-,23-/m1/s1. The largest absolute Gasteiger partial charge is 0.364 e. The summed E-state index contributed by atoms with van der Waals surface area (Å²) in [7, 11) is 0. The molecule has 1 fully saturated rings. The molecular weight excluding hydrogens is 494 g/mol. The van der Waals surface area contributed by atoms with E-state index in [1.165, 1.54) is 6.33 Å². The number of amides is 1. The Balaban J connectivity index is 1.30. The van der Waals surface area contributed by atoms with Gasteiger partial charge in [0.25, 0.3) is 0 Å². The molecule has 0 radical (unpaired) electrons. The number of hydrogen-bond donors (Lipinski definition) is 3. The van der Waals surface area contributed by atoms with Gasteiger partial charge in [0, 0.05) is 43.2 Å². The summed E-state index contributed by atoms with van der Waals surface area (Å²) in [5.74, 6) is 1.21. The van der Waals surface area contributed by atoms with E-state index in [0.717, 1.165) is 53.5 Å². The number of nitrogens with zero attached hydrogens (tertiary/aromatic N) is 6. The molecule has 5 rings (SSSR count). The summed E-state index contributed by atoms with van der Waals surface area (Å²) in [6.07, 6.45) is 3.46. The Labute approximate surface area is 227 Å². The first-order valence-electron chi connectivity index (χ1n) is 13.1. The number of aromatic nitrogens is 5. The van der Waals surface area contributed by atoms with Crippen LogP contribution in [0.5, 0.6) is 0 Å². The van der Waals surface area contributed by atoms with E-state index in [1.54, 1.807) is 0 Å². The van der Waals surface area contributed by atoms with Crippen LogP contribution in [0.25, 0.3) is 11.3 Å². The minimum Gasteiger partial charge on any atom is -0.364 e. The first-order valence-corrected chi connectivity index (χ1v) is 13.1.